The average Bonchev–Trinajstić information content (AvgIpc) is 2.74. The number of hydrogen-bond acceptors (Lipinski definition) is 4. The average molecular weight is 223 g/mol. The second kappa shape index (κ2) is 4.55. The van der Waals surface area contributed by atoms with Gasteiger partial charge in [-0.25, -0.2) is 9.78 Å². The molecule has 0 aromatic carbocycles. The Balaban J connectivity index is 2.23. The van der Waals surface area contributed by atoms with E-state index >= 15 is 0 Å². The standard InChI is InChI=1S/C11H17N3O2/c1-13-8-6-12-11(13)14-7-4-3-5-9(14)10(15)16-2/h6,8-9H,3-5,7H2,1-2H3. The van der Waals surface area contributed by atoms with Gasteiger partial charge in [0.2, 0.25) is 5.95 Å². The number of piperidine rings is 1. The molecule has 88 valence electrons. The minimum absolute atomic E-state index is 0.164. The Morgan fingerprint density at radius 1 is 1.56 bits per heavy atom. The number of carbonyl (C=O) groups is 1. The van der Waals surface area contributed by atoms with E-state index in [1.54, 1.807) is 6.20 Å². The molecule has 2 rings (SSSR count). The molecule has 5 nitrogen and oxygen atoms in total. The molecule has 0 N–H and O–H groups in total. The molecule has 1 aromatic rings. The molecular formula is C11H17N3O2. The molecule has 0 radical (unpaired) electrons. The van der Waals surface area contributed by atoms with Gasteiger partial charge in [-0.1, -0.05) is 0 Å². The topological polar surface area (TPSA) is 47.4 Å². The Kier molecular flexibility index (Phi) is 3.12. The predicted octanol–water partition coefficient (Wildman–Crippen LogP) is 0.952. The Morgan fingerprint density at radius 2 is 2.38 bits per heavy atom. The Labute approximate surface area is 95.0 Å². The van der Waals surface area contributed by atoms with Crippen molar-refractivity contribution in [2.24, 2.45) is 7.05 Å². The van der Waals surface area contributed by atoms with Crippen molar-refractivity contribution in [1.82, 2.24) is 9.55 Å². The number of anilines is 1. The van der Waals surface area contributed by atoms with Crippen molar-refractivity contribution >= 4 is 11.9 Å². The SMILES string of the molecule is COC(=O)C1CCCCN1c1nccn1C. The predicted molar refractivity (Wildman–Crippen MR) is 60.2 cm³/mol. The summed E-state index contributed by atoms with van der Waals surface area (Å²) in [5.74, 6) is 0.679. The van der Waals surface area contributed by atoms with Gasteiger partial charge in [0, 0.05) is 26.0 Å². The Hall–Kier alpha value is -1.52. The van der Waals surface area contributed by atoms with Crippen molar-refractivity contribution < 1.29 is 9.53 Å². The number of nitrogens with zero attached hydrogens (tertiary/aromatic N) is 3. The highest BCUT2D eigenvalue weighted by molar-refractivity contribution is 5.79. The fourth-order valence-corrected chi connectivity index (χ4v) is 2.19. The van der Waals surface area contributed by atoms with Crippen LogP contribution in [0.4, 0.5) is 5.95 Å². The summed E-state index contributed by atoms with van der Waals surface area (Å²) in [4.78, 5) is 18.0. The van der Waals surface area contributed by atoms with E-state index in [1.807, 2.05) is 22.7 Å². The van der Waals surface area contributed by atoms with E-state index in [-0.39, 0.29) is 12.0 Å². The molecule has 0 amide bonds. The normalized spacial score (nSPS) is 20.9. The van der Waals surface area contributed by atoms with E-state index < -0.39 is 0 Å². The summed E-state index contributed by atoms with van der Waals surface area (Å²) in [6, 6.07) is -0.181. The quantitative estimate of drug-likeness (QED) is 0.700. The van der Waals surface area contributed by atoms with E-state index in [2.05, 4.69) is 4.98 Å². The van der Waals surface area contributed by atoms with Crippen molar-refractivity contribution in [3.63, 3.8) is 0 Å². The van der Waals surface area contributed by atoms with E-state index in [0.29, 0.717) is 0 Å². The molecule has 0 bridgehead atoms. The molecule has 1 atom stereocenters. The van der Waals surface area contributed by atoms with Gasteiger partial charge in [-0.15, -0.1) is 0 Å². The van der Waals surface area contributed by atoms with Crippen LogP contribution in [0.2, 0.25) is 0 Å². The van der Waals surface area contributed by atoms with Gasteiger partial charge in [0.25, 0.3) is 0 Å². The lowest BCUT2D eigenvalue weighted by molar-refractivity contribution is -0.142. The van der Waals surface area contributed by atoms with Crippen LogP contribution in [-0.4, -0.2) is 35.2 Å². The summed E-state index contributed by atoms with van der Waals surface area (Å²) >= 11 is 0. The van der Waals surface area contributed by atoms with Gasteiger partial charge < -0.3 is 14.2 Å². The van der Waals surface area contributed by atoms with E-state index in [4.69, 9.17) is 4.74 Å². The van der Waals surface area contributed by atoms with Crippen LogP contribution in [0.1, 0.15) is 19.3 Å². The third kappa shape index (κ3) is 1.89. The van der Waals surface area contributed by atoms with Gasteiger partial charge in [-0.2, -0.15) is 0 Å². The molecule has 1 aromatic heterocycles. The van der Waals surface area contributed by atoms with Crippen molar-refractivity contribution in [2.75, 3.05) is 18.6 Å². The summed E-state index contributed by atoms with van der Waals surface area (Å²) in [5, 5.41) is 0. The van der Waals surface area contributed by atoms with Gasteiger partial charge in [-0.3, -0.25) is 0 Å². The number of aromatic nitrogens is 2. The first-order valence-corrected chi connectivity index (χ1v) is 5.56. The smallest absolute Gasteiger partial charge is 0.328 e. The first-order chi connectivity index (χ1) is 7.74. The van der Waals surface area contributed by atoms with Crippen molar-refractivity contribution in [2.45, 2.75) is 25.3 Å². The van der Waals surface area contributed by atoms with Crippen molar-refractivity contribution in [1.29, 1.82) is 0 Å². The summed E-state index contributed by atoms with van der Waals surface area (Å²) in [6.45, 7) is 0.866. The van der Waals surface area contributed by atoms with Crippen LogP contribution in [0.15, 0.2) is 12.4 Å². The van der Waals surface area contributed by atoms with Gasteiger partial charge in [0.1, 0.15) is 6.04 Å². The number of imidazole rings is 1. The minimum Gasteiger partial charge on any atom is -0.467 e. The van der Waals surface area contributed by atoms with Crippen molar-refractivity contribution in [3.05, 3.63) is 12.4 Å². The lowest BCUT2D eigenvalue weighted by Gasteiger charge is -2.34. The molecule has 0 saturated carbocycles. The van der Waals surface area contributed by atoms with Gasteiger partial charge in [-0.05, 0) is 19.3 Å². The number of rotatable bonds is 2. The second-order valence-corrected chi connectivity index (χ2v) is 4.07. The summed E-state index contributed by atoms with van der Waals surface area (Å²) in [5.41, 5.74) is 0. The molecule has 1 aliphatic rings. The fraction of sp³-hybridized carbons (Fsp3) is 0.636. The molecular weight excluding hydrogens is 206 g/mol. The molecule has 16 heavy (non-hydrogen) atoms. The van der Waals surface area contributed by atoms with Crippen LogP contribution >= 0.6 is 0 Å². The third-order valence-electron chi connectivity index (χ3n) is 3.03. The third-order valence-corrected chi connectivity index (χ3v) is 3.03. The lowest BCUT2D eigenvalue weighted by atomic mass is 10.0. The molecule has 1 aliphatic heterocycles. The highest BCUT2D eigenvalue weighted by atomic mass is 16.5. The van der Waals surface area contributed by atoms with Crippen molar-refractivity contribution in [3.8, 4) is 0 Å². The van der Waals surface area contributed by atoms with Gasteiger partial charge in [0.05, 0.1) is 7.11 Å². The first kappa shape index (κ1) is 11.0. The maximum atomic E-state index is 11.7. The Bertz CT molecular complexity index is 375. The zero-order valence-corrected chi connectivity index (χ0v) is 9.72. The maximum Gasteiger partial charge on any atom is 0.328 e. The number of carbonyl (C=O) groups excluding carboxylic acids is 1. The number of ether oxygens (including phenoxy) is 1. The molecule has 0 spiro atoms. The zero-order valence-electron chi connectivity index (χ0n) is 9.72. The number of hydrogen-bond donors (Lipinski definition) is 0. The summed E-state index contributed by atoms with van der Waals surface area (Å²) in [6.07, 6.45) is 6.65. The zero-order chi connectivity index (χ0) is 11.5. The van der Waals surface area contributed by atoms with Crippen LogP contribution in [0.3, 0.4) is 0 Å². The first-order valence-electron chi connectivity index (χ1n) is 5.56. The van der Waals surface area contributed by atoms with Crippen LogP contribution in [0, 0.1) is 0 Å². The maximum absolute atomic E-state index is 11.7. The lowest BCUT2D eigenvalue weighted by Crippen LogP contribution is -2.46. The fourth-order valence-electron chi connectivity index (χ4n) is 2.19. The van der Waals surface area contributed by atoms with Gasteiger partial charge in [0.15, 0.2) is 0 Å². The molecule has 1 fully saturated rings. The summed E-state index contributed by atoms with van der Waals surface area (Å²) < 4.78 is 6.77. The van der Waals surface area contributed by atoms with E-state index in [9.17, 15) is 4.79 Å². The van der Waals surface area contributed by atoms with Crippen LogP contribution in [-0.2, 0) is 16.6 Å². The molecule has 2 heterocycles. The largest absolute Gasteiger partial charge is 0.467 e. The highest BCUT2D eigenvalue weighted by Crippen LogP contribution is 2.23. The number of aryl methyl sites for hydroxylation is 1. The van der Waals surface area contributed by atoms with Gasteiger partial charge >= 0.3 is 5.97 Å². The van der Waals surface area contributed by atoms with Crippen LogP contribution < -0.4 is 4.90 Å². The minimum atomic E-state index is -0.181. The number of esters is 1. The Morgan fingerprint density at radius 3 is 3.00 bits per heavy atom. The second-order valence-electron chi connectivity index (χ2n) is 4.07. The molecule has 5 heteroatoms. The monoisotopic (exact) mass is 223 g/mol. The molecule has 0 aliphatic carbocycles. The van der Waals surface area contributed by atoms with E-state index in [0.717, 1.165) is 31.8 Å². The molecule has 1 saturated heterocycles. The van der Waals surface area contributed by atoms with E-state index in [1.165, 1.54) is 7.11 Å². The van der Waals surface area contributed by atoms with Crippen LogP contribution in [0.25, 0.3) is 0 Å². The highest BCUT2D eigenvalue weighted by Gasteiger charge is 2.31. The summed E-state index contributed by atoms with van der Waals surface area (Å²) in [7, 11) is 3.37. The number of methoxy groups -OCH3 is 1. The molecule has 1 unspecified atom stereocenters. The van der Waals surface area contributed by atoms with Crippen LogP contribution in [0.5, 0.6) is 0 Å².